The van der Waals surface area contributed by atoms with Crippen LogP contribution in [0.4, 0.5) is 4.39 Å². The van der Waals surface area contributed by atoms with E-state index >= 15 is 0 Å². The van der Waals surface area contributed by atoms with Crippen LogP contribution in [-0.4, -0.2) is 20.0 Å². The summed E-state index contributed by atoms with van der Waals surface area (Å²) in [6, 6.07) is 6.60. The Bertz CT molecular complexity index is 702. The van der Waals surface area contributed by atoms with Crippen LogP contribution < -0.4 is 9.47 Å². The molecule has 0 spiro atoms. The van der Waals surface area contributed by atoms with Gasteiger partial charge in [0.15, 0.2) is 17.3 Å². The van der Waals surface area contributed by atoms with Crippen LogP contribution in [0.2, 0.25) is 10.0 Å². The van der Waals surface area contributed by atoms with Gasteiger partial charge in [-0.15, -0.1) is 0 Å². The molecule has 2 aromatic carbocycles. The van der Waals surface area contributed by atoms with Gasteiger partial charge in [-0.3, -0.25) is 4.79 Å². The summed E-state index contributed by atoms with van der Waals surface area (Å²) in [5.74, 6) is -0.547. The molecule has 0 N–H and O–H groups in total. The second kappa shape index (κ2) is 6.33. The lowest BCUT2D eigenvalue weighted by molar-refractivity contribution is 0.103. The number of halogens is 3. The first-order chi connectivity index (χ1) is 9.97. The first-order valence-electron chi connectivity index (χ1n) is 5.89. The molecule has 0 unspecified atom stereocenters. The van der Waals surface area contributed by atoms with Gasteiger partial charge < -0.3 is 9.47 Å². The van der Waals surface area contributed by atoms with Gasteiger partial charge in [-0.2, -0.15) is 0 Å². The number of ketones is 1. The summed E-state index contributed by atoms with van der Waals surface area (Å²) >= 11 is 11.9. The highest BCUT2D eigenvalue weighted by Crippen LogP contribution is 2.34. The van der Waals surface area contributed by atoms with Crippen molar-refractivity contribution in [2.24, 2.45) is 0 Å². The molecule has 110 valence electrons. The molecule has 0 amide bonds. The smallest absolute Gasteiger partial charge is 0.197 e. The molecule has 0 saturated heterocycles. The molecule has 0 saturated carbocycles. The number of rotatable bonds is 4. The Morgan fingerprint density at radius 3 is 2.24 bits per heavy atom. The standard InChI is InChI=1S/C15H11Cl2FO3/c1-20-13-6-9(11(17)7-14(13)21-2)15(19)10-5-8(16)3-4-12(10)18/h3-7H,1-2H3. The fourth-order valence-electron chi connectivity index (χ4n) is 1.84. The van der Waals surface area contributed by atoms with E-state index in [-0.39, 0.29) is 21.2 Å². The molecule has 21 heavy (non-hydrogen) atoms. The minimum absolute atomic E-state index is 0.107. The SMILES string of the molecule is COc1cc(Cl)c(C(=O)c2cc(Cl)ccc2F)cc1OC. The molecule has 0 bridgehead atoms. The lowest BCUT2D eigenvalue weighted by Crippen LogP contribution is -2.06. The summed E-state index contributed by atoms with van der Waals surface area (Å²) in [5.41, 5.74) is -0.0490. The predicted molar refractivity (Wildman–Crippen MR) is 79.4 cm³/mol. The van der Waals surface area contributed by atoms with E-state index in [1.807, 2.05) is 0 Å². The number of ether oxygens (including phenoxy) is 2. The van der Waals surface area contributed by atoms with Gasteiger partial charge in [-0.1, -0.05) is 23.2 Å². The molecule has 2 aromatic rings. The van der Waals surface area contributed by atoms with Crippen molar-refractivity contribution in [2.75, 3.05) is 14.2 Å². The molecule has 6 heteroatoms. The highest BCUT2D eigenvalue weighted by atomic mass is 35.5. The van der Waals surface area contributed by atoms with Crippen LogP contribution in [0.3, 0.4) is 0 Å². The van der Waals surface area contributed by atoms with E-state index in [0.717, 1.165) is 6.07 Å². The number of methoxy groups -OCH3 is 2. The summed E-state index contributed by atoms with van der Waals surface area (Å²) in [6.07, 6.45) is 0. The number of benzene rings is 2. The van der Waals surface area contributed by atoms with Crippen molar-refractivity contribution in [3.63, 3.8) is 0 Å². The highest BCUT2D eigenvalue weighted by molar-refractivity contribution is 6.35. The molecule has 0 aliphatic rings. The van der Waals surface area contributed by atoms with E-state index in [0.29, 0.717) is 11.5 Å². The minimum Gasteiger partial charge on any atom is -0.493 e. The Balaban J connectivity index is 2.55. The average Bonchev–Trinajstić information content (AvgIpc) is 2.48. The second-order valence-corrected chi connectivity index (χ2v) is 4.98. The maximum Gasteiger partial charge on any atom is 0.197 e. The summed E-state index contributed by atoms with van der Waals surface area (Å²) in [6.45, 7) is 0. The Morgan fingerprint density at radius 2 is 1.62 bits per heavy atom. The van der Waals surface area contributed by atoms with Gasteiger partial charge >= 0.3 is 0 Å². The van der Waals surface area contributed by atoms with Gasteiger partial charge in [0, 0.05) is 16.7 Å². The normalized spacial score (nSPS) is 10.3. The van der Waals surface area contributed by atoms with E-state index in [4.69, 9.17) is 32.7 Å². The number of hydrogen-bond donors (Lipinski definition) is 0. The molecule has 0 atom stereocenters. The third-order valence-electron chi connectivity index (χ3n) is 2.89. The molecule has 0 heterocycles. The summed E-state index contributed by atoms with van der Waals surface area (Å²) in [4.78, 5) is 12.4. The second-order valence-electron chi connectivity index (χ2n) is 4.14. The Labute approximate surface area is 131 Å². The Hall–Kier alpha value is -1.78. The number of carbonyl (C=O) groups is 1. The maximum absolute atomic E-state index is 13.8. The molecular weight excluding hydrogens is 318 g/mol. The largest absolute Gasteiger partial charge is 0.493 e. The van der Waals surface area contributed by atoms with E-state index in [1.54, 1.807) is 0 Å². The number of hydrogen-bond acceptors (Lipinski definition) is 3. The molecule has 0 aromatic heterocycles. The van der Waals surface area contributed by atoms with Crippen molar-refractivity contribution in [2.45, 2.75) is 0 Å². The van der Waals surface area contributed by atoms with Gasteiger partial charge in [0.25, 0.3) is 0 Å². The Kier molecular flexibility index (Phi) is 4.70. The van der Waals surface area contributed by atoms with Crippen molar-refractivity contribution in [1.82, 2.24) is 0 Å². The first-order valence-corrected chi connectivity index (χ1v) is 6.64. The fourth-order valence-corrected chi connectivity index (χ4v) is 2.26. The van der Waals surface area contributed by atoms with Crippen LogP contribution in [-0.2, 0) is 0 Å². The quantitative estimate of drug-likeness (QED) is 0.781. The van der Waals surface area contributed by atoms with Crippen molar-refractivity contribution < 1.29 is 18.7 Å². The highest BCUT2D eigenvalue weighted by Gasteiger charge is 2.20. The van der Waals surface area contributed by atoms with Crippen molar-refractivity contribution in [1.29, 1.82) is 0 Å². The van der Waals surface area contributed by atoms with E-state index in [2.05, 4.69) is 0 Å². The van der Waals surface area contributed by atoms with Crippen LogP contribution in [0.25, 0.3) is 0 Å². The zero-order valence-corrected chi connectivity index (χ0v) is 12.8. The topological polar surface area (TPSA) is 35.5 Å². The molecule has 2 rings (SSSR count). The third kappa shape index (κ3) is 3.12. The molecule has 0 aliphatic carbocycles. The van der Waals surface area contributed by atoms with Gasteiger partial charge in [-0.25, -0.2) is 4.39 Å². The molecule has 0 radical (unpaired) electrons. The monoisotopic (exact) mass is 328 g/mol. The lowest BCUT2D eigenvalue weighted by atomic mass is 10.0. The van der Waals surface area contributed by atoms with E-state index in [1.165, 1.54) is 38.5 Å². The third-order valence-corrected chi connectivity index (χ3v) is 3.44. The van der Waals surface area contributed by atoms with Gasteiger partial charge in [0.2, 0.25) is 0 Å². The summed E-state index contributed by atoms with van der Waals surface area (Å²) in [5, 5.41) is 0.397. The van der Waals surface area contributed by atoms with Crippen molar-refractivity contribution in [3.8, 4) is 11.5 Å². The van der Waals surface area contributed by atoms with E-state index < -0.39 is 11.6 Å². The van der Waals surface area contributed by atoms with Crippen LogP contribution in [0.1, 0.15) is 15.9 Å². The van der Waals surface area contributed by atoms with Crippen molar-refractivity contribution >= 4 is 29.0 Å². The number of carbonyl (C=O) groups excluding carboxylic acids is 1. The maximum atomic E-state index is 13.8. The minimum atomic E-state index is -0.671. The fraction of sp³-hybridized carbons (Fsp3) is 0.133. The van der Waals surface area contributed by atoms with Crippen molar-refractivity contribution in [3.05, 3.63) is 57.3 Å². The average molecular weight is 329 g/mol. The van der Waals surface area contributed by atoms with Crippen LogP contribution in [0.15, 0.2) is 30.3 Å². The zero-order valence-electron chi connectivity index (χ0n) is 11.2. The lowest BCUT2D eigenvalue weighted by Gasteiger charge is -2.11. The molecular formula is C15H11Cl2FO3. The van der Waals surface area contributed by atoms with Gasteiger partial charge in [-0.05, 0) is 24.3 Å². The van der Waals surface area contributed by atoms with Gasteiger partial charge in [0.05, 0.1) is 24.8 Å². The van der Waals surface area contributed by atoms with Gasteiger partial charge in [0.1, 0.15) is 5.82 Å². The summed E-state index contributed by atoms with van der Waals surface area (Å²) < 4.78 is 24.0. The van der Waals surface area contributed by atoms with E-state index in [9.17, 15) is 9.18 Å². The molecule has 0 aliphatic heterocycles. The summed E-state index contributed by atoms with van der Waals surface area (Å²) in [7, 11) is 2.88. The first kappa shape index (κ1) is 15.6. The van der Waals surface area contributed by atoms with Crippen LogP contribution in [0, 0.1) is 5.82 Å². The zero-order chi connectivity index (χ0) is 15.6. The molecule has 3 nitrogen and oxygen atoms in total. The van der Waals surface area contributed by atoms with Crippen LogP contribution >= 0.6 is 23.2 Å². The molecule has 0 fully saturated rings. The predicted octanol–water partition coefficient (Wildman–Crippen LogP) is 4.38. The Morgan fingerprint density at radius 1 is 1.00 bits per heavy atom. The van der Waals surface area contributed by atoms with Crippen LogP contribution in [0.5, 0.6) is 11.5 Å².